The third-order valence-corrected chi connectivity index (χ3v) is 3.19. The Hall–Kier alpha value is -0.730. The number of hydrogen-bond donors (Lipinski definition) is 1. The standard InChI is InChI=1S/C14H20OS/c1-2-3-5-8-13(15)11-12-16-14-9-6-4-7-10-14/h4,6-7,9-13,15H,2-3,5,8H2,1H3. The van der Waals surface area contributed by atoms with Crippen molar-refractivity contribution in [2.24, 2.45) is 0 Å². The number of hydrogen-bond acceptors (Lipinski definition) is 2. The molecule has 0 heterocycles. The van der Waals surface area contributed by atoms with E-state index in [2.05, 4.69) is 19.1 Å². The van der Waals surface area contributed by atoms with Crippen molar-refractivity contribution in [1.29, 1.82) is 0 Å². The van der Waals surface area contributed by atoms with Crippen LogP contribution in [0.15, 0.2) is 46.7 Å². The van der Waals surface area contributed by atoms with Crippen molar-refractivity contribution in [3.63, 3.8) is 0 Å². The molecule has 0 saturated heterocycles. The normalized spacial score (nSPS) is 13.1. The molecule has 0 spiro atoms. The Morgan fingerprint density at radius 3 is 2.69 bits per heavy atom. The van der Waals surface area contributed by atoms with Crippen molar-refractivity contribution >= 4 is 11.8 Å². The summed E-state index contributed by atoms with van der Waals surface area (Å²) in [7, 11) is 0. The van der Waals surface area contributed by atoms with Crippen LogP contribution in [0.25, 0.3) is 0 Å². The van der Waals surface area contributed by atoms with Crippen LogP contribution >= 0.6 is 11.8 Å². The quantitative estimate of drug-likeness (QED) is 0.564. The van der Waals surface area contributed by atoms with E-state index in [1.807, 2.05) is 29.7 Å². The zero-order valence-corrected chi connectivity index (χ0v) is 10.6. The van der Waals surface area contributed by atoms with Gasteiger partial charge in [0.2, 0.25) is 0 Å². The van der Waals surface area contributed by atoms with E-state index in [1.165, 1.54) is 17.7 Å². The van der Waals surface area contributed by atoms with Gasteiger partial charge in [0.1, 0.15) is 0 Å². The topological polar surface area (TPSA) is 20.2 Å². The van der Waals surface area contributed by atoms with Crippen LogP contribution in [0.4, 0.5) is 0 Å². The Labute approximate surface area is 103 Å². The Morgan fingerprint density at radius 2 is 2.00 bits per heavy atom. The summed E-state index contributed by atoms with van der Waals surface area (Å²) in [6, 6.07) is 10.2. The molecule has 0 radical (unpaired) electrons. The number of aliphatic hydroxyl groups is 1. The smallest absolute Gasteiger partial charge is 0.0729 e. The molecular weight excluding hydrogens is 216 g/mol. The summed E-state index contributed by atoms with van der Waals surface area (Å²) in [6.07, 6.45) is 5.99. The maximum absolute atomic E-state index is 9.65. The monoisotopic (exact) mass is 236 g/mol. The molecule has 1 aromatic rings. The summed E-state index contributed by atoms with van der Waals surface area (Å²) < 4.78 is 0. The second kappa shape index (κ2) is 8.43. The highest BCUT2D eigenvalue weighted by Gasteiger charge is 1.97. The molecule has 1 atom stereocenters. The molecule has 0 fully saturated rings. The number of unbranched alkanes of at least 4 members (excludes halogenated alkanes) is 2. The maximum Gasteiger partial charge on any atom is 0.0729 e. The van der Waals surface area contributed by atoms with Crippen molar-refractivity contribution in [3.8, 4) is 0 Å². The minimum absolute atomic E-state index is 0.289. The van der Waals surface area contributed by atoms with E-state index in [1.54, 1.807) is 11.8 Å². The average Bonchev–Trinajstić information content (AvgIpc) is 2.31. The fourth-order valence-corrected chi connectivity index (χ4v) is 2.14. The van der Waals surface area contributed by atoms with Crippen LogP contribution < -0.4 is 0 Å². The van der Waals surface area contributed by atoms with E-state index in [0.717, 1.165) is 12.8 Å². The summed E-state index contributed by atoms with van der Waals surface area (Å²) in [5.41, 5.74) is 0. The molecule has 1 unspecified atom stereocenters. The van der Waals surface area contributed by atoms with E-state index >= 15 is 0 Å². The lowest BCUT2D eigenvalue weighted by molar-refractivity contribution is 0.208. The van der Waals surface area contributed by atoms with Gasteiger partial charge in [-0.3, -0.25) is 0 Å². The van der Waals surface area contributed by atoms with Gasteiger partial charge in [0.25, 0.3) is 0 Å². The van der Waals surface area contributed by atoms with Crippen LogP contribution in [0.1, 0.15) is 32.6 Å². The largest absolute Gasteiger partial charge is 0.389 e. The molecule has 0 aliphatic carbocycles. The van der Waals surface area contributed by atoms with Crippen molar-refractivity contribution < 1.29 is 5.11 Å². The van der Waals surface area contributed by atoms with Crippen LogP contribution in [0, 0.1) is 0 Å². The van der Waals surface area contributed by atoms with Gasteiger partial charge in [-0.1, -0.05) is 56.1 Å². The summed E-state index contributed by atoms with van der Waals surface area (Å²) in [5.74, 6) is 0. The molecule has 1 N–H and O–H groups in total. The molecule has 1 nitrogen and oxygen atoms in total. The Bertz CT molecular complexity index is 295. The molecule has 16 heavy (non-hydrogen) atoms. The van der Waals surface area contributed by atoms with Gasteiger partial charge in [-0.05, 0) is 30.0 Å². The van der Waals surface area contributed by atoms with Crippen LogP contribution in [0.2, 0.25) is 0 Å². The lowest BCUT2D eigenvalue weighted by atomic mass is 10.1. The molecule has 1 rings (SSSR count). The molecule has 0 aliphatic heterocycles. The Kier molecular flexibility index (Phi) is 7.02. The van der Waals surface area contributed by atoms with Crippen LogP contribution in [0.5, 0.6) is 0 Å². The second-order valence-electron chi connectivity index (χ2n) is 3.82. The zero-order chi connectivity index (χ0) is 11.6. The highest BCUT2D eigenvalue weighted by Crippen LogP contribution is 2.18. The van der Waals surface area contributed by atoms with E-state index in [0.29, 0.717) is 0 Å². The molecule has 0 saturated carbocycles. The predicted octanol–water partition coefficient (Wildman–Crippen LogP) is 4.23. The fourth-order valence-electron chi connectivity index (χ4n) is 1.41. The number of aliphatic hydroxyl groups excluding tert-OH is 1. The fraction of sp³-hybridized carbons (Fsp3) is 0.429. The first-order chi connectivity index (χ1) is 7.83. The molecule has 1 aromatic carbocycles. The number of benzene rings is 1. The number of thioether (sulfide) groups is 1. The summed E-state index contributed by atoms with van der Waals surface area (Å²) >= 11 is 1.65. The van der Waals surface area contributed by atoms with E-state index in [4.69, 9.17) is 0 Å². The van der Waals surface area contributed by atoms with Crippen molar-refractivity contribution in [3.05, 3.63) is 41.8 Å². The van der Waals surface area contributed by atoms with Crippen LogP contribution in [0.3, 0.4) is 0 Å². The highest BCUT2D eigenvalue weighted by molar-refractivity contribution is 8.02. The first kappa shape index (κ1) is 13.3. The van der Waals surface area contributed by atoms with Gasteiger partial charge in [0.05, 0.1) is 6.10 Å². The third-order valence-electron chi connectivity index (χ3n) is 2.35. The van der Waals surface area contributed by atoms with Gasteiger partial charge in [-0.25, -0.2) is 0 Å². The summed E-state index contributed by atoms with van der Waals surface area (Å²) in [4.78, 5) is 1.21. The maximum atomic E-state index is 9.65. The average molecular weight is 236 g/mol. The van der Waals surface area contributed by atoms with Crippen LogP contribution in [-0.4, -0.2) is 11.2 Å². The van der Waals surface area contributed by atoms with E-state index in [-0.39, 0.29) is 6.10 Å². The lowest BCUT2D eigenvalue weighted by Gasteiger charge is -2.03. The highest BCUT2D eigenvalue weighted by atomic mass is 32.2. The van der Waals surface area contributed by atoms with E-state index < -0.39 is 0 Å². The minimum atomic E-state index is -0.289. The Morgan fingerprint density at radius 1 is 1.25 bits per heavy atom. The van der Waals surface area contributed by atoms with Gasteiger partial charge in [0.15, 0.2) is 0 Å². The molecule has 0 aromatic heterocycles. The predicted molar refractivity (Wildman–Crippen MR) is 71.6 cm³/mol. The van der Waals surface area contributed by atoms with Crippen molar-refractivity contribution in [1.82, 2.24) is 0 Å². The molecular formula is C14H20OS. The molecule has 88 valence electrons. The van der Waals surface area contributed by atoms with Crippen molar-refractivity contribution in [2.45, 2.75) is 43.6 Å². The Balaban J connectivity index is 2.21. The molecule has 0 bridgehead atoms. The molecule has 2 heteroatoms. The second-order valence-corrected chi connectivity index (χ2v) is 4.80. The minimum Gasteiger partial charge on any atom is -0.389 e. The lowest BCUT2D eigenvalue weighted by Crippen LogP contribution is -2.00. The first-order valence-electron chi connectivity index (χ1n) is 5.89. The van der Waals surface area contributed by atoms with Gasteiger partial charge >= 0.3 is 0 Å². The molecule has 0 amide bonds. The SMILES string of the molecule is CCCCCC(O)C=CSc1ccccc1. The summed E-state index contributed by atoms with van der Waals surface area (Å²) in [5, 5.41) is 11.6. The van der Waals surface area contributed by atoms with Crippen LogP contribution in [-0.2, 0) is 0 Å². The van der Waals surface area contributed by atoms with E-state index in [9.17, 15) is 5.11 Å². The molecule has 0 aliphatic rings. The zero-order valence-electron chi connectivity index (χ0n) is 9.80. The number of rotatable bonds is 7. The van der Waals surface area contributed by atoms with Gasteiger partial charge in [-0.2, -0.15) is 0 Å². The van der Waals surface area contributed by atoms with Gasteiger partial charge < -0.3 is 5.11 Å². The van der Waals surface area contributed by atoms with Gasteiger partial charge in [-0.15, -0.1) is 0 Å². The third kappa shape index (κ3) is 5.99. The van der Waals surface area contributed by atoms with Crippen molar-refractivity contribution in [2.75, 3.05) is 0 Å². The summed E-state index contributed by atoms with van der Waals surface area (Å²) in [6.45, 7) is 2.17. The van der Waals surface area contributed by atoms with Gasteiger partial charge in [0, 0.05) is 4.90 Å². The first-order valence-corrected chi connectivity index (χ1v) is 6.77.